The highest BCUT2D eigenvalue weighted by Crippen LogP contribution is 2.38. The summed E-state index contributed by atoms with van der Waals surface area (Å²) < 4.78 is 19.4. The van der Waals surface area contributed by atoms with Gasteiger partial charge in [-0.25, -0.2) is 24.0 Å². The van der Waals surface area contributed by atoms with Gasteiger partial charge in [0, 0.05) is 33.9 Å². The van der Waals surface area contributed by atoms with Gasteiger partial charge in [0.05, 0.1) is 60.3 Å². The Bertz CT molecular complexity index is 2640. The minimum absolute atomic E-state index is 0.170. The van der Waals surface area contributed by atoms with Crippen molar-refractivity contribution in [2.24, 2.45) is 4.99 Å². The lowest BCUT2D eigenvalue weighted by molar-refractivity contribution is 0.272. The van der Waals surface area contributed by atoms with E-state index in [2.05, 4.69) is 142 Å². The largest absolute Gasteiger partial charge is 0.411 e. The van der Waals surface area contributed by atoms with E-state index in [1.165, 1.54) is 5.56 Å². The van der Waals surface area contributed by atoms with E-state index in [0.29, 0.717) is 13.2 Å². The number of halogens is 1. The Hall–Kier alpha value is -4.87. The van der Waals surface area contributed by atoms with Gasteiger partial charge in [0.2, 0.25) is 0 Å². The topological polar surface area (TPSA) is 110 Å². The first-order chi connectivity index (χ1) is 28.7. The summed E-state index contributed by atoms with van der Waals surface area (Å²) in [5.41, 5.74) is 7.25. The smallest absolute Gasteiger partial charge is 0.192 e. The molecule has 11 nitrogen and oxygen atoms in total. The zero-order valence-corrected chi connectivity index (χ0v) is 41.3. The molecule has 0 N–H and O–H groups in total. The monoisotopic (exact) mass is 917 g/mol. The van der Waals surface area contributed by atoms with Crippen LogP contribution in [-0.4, -0.2) is 68.7 Å². The van der Waals surface area contributed by atoms with Crippen LogP contribution in [-0.2, 0) is 22.1 Å². The summed E-state index contributed by atoms with van der Waals surface area (Å²) in [5, 5.41) is 16.1. The second kappa shape index (κ2) is 18.6. The van der Waals surface area contributed by atoms with Crippen LogP contribution in [0.2, 0.25) is 36.3 Å². The van der Waals surface area contributed by atoms with Gasteiger partial charge in [0.15, 0.2) is 28.3 Å². The van der Waals surface area contributed by atoms with Gasteiger partial charge in [-0.2, -0.15) is 15.3 Å². The maximum Gasteiger partial charge on any atom is 0.192 e. The van der Waals surface area contributed by atoms with Crippen LogP contribution in [0.15, 0.2) is 113 Å². The van der Waals surface area contributed by atoms with Gasteiger partial charge in [-0.3, -0.25) is 4.99 Å². The first kappa shape index (κ1) is 45.7. The number of aliphatic imine (C=N–C) groups is 1. The lowest BCUT2D eigenvalue weighted by Crippen LogP contribution is -2.40. The molecule has 1 aliphatic heterocycles. The van der Waals surface area contributed by atoms with Gasteiger partial charge in [-0.05, 0) is 122 Å². The fourth-order valence-corrected chi connectivity index (χ4v) is 8.55. The van der Waals surface area contributed by atoms with E-state index < -0.39 is 16.6 Å². The van der Waals surface area contributed by atoms with E-state index in [1.54, 1.807) is 12.4 Å². The third-order valence-electron chi connectivity index (χ3n) is 11.7. The molecular weight excluding hydrogens is 859 g/mol. The van der Waals surface area contributed by atoms with E-state index in [1.807, 2.05) is 87.3 Å². The molecule has 0 saturated heterocycles. The maximum absolute atomic E-state index is 6.36. The lowest BCUT2D eigenvalue weighted by atomic mass is 10.1. The average molecular weight is 919 g/mol. The summed E-state index contributed by atoms with van der Waals surface area (Å²) >= 11 is 3.62. The van der Waals surface area contributed by atoms with Gasteiger partial charge in [-0.1, -0.05) is 75.7 Å². The lowest BCUT2D eigenvalue weighted by Gasteiger charge is -2.36. The zero-order chi connectivity index (χ0) is 44.2. The predicted octanol–water partition coefficient (Wildman–Crippen LogP) is 12.1. The van der Waals surface area contributed by atoms with Crippen molar-refractivity contribution < 1.29 is 8.85 Å². The number of nitrogens with zero attached hydrogens (tertiary/aromatic N) is 9. The molecule has 320 valence electrons. The van der Waals surface area contributed by atoms with Crippen molar-refractivity contribution in [2.75, 3.05) is 6.54 Å². The van der Waals surface area contributed by atoms with Crippen LogP contribution in [0.3, 0.4) is 0 Å². The second-order valence-corrected chi connectivity index (χ2v) is 28.9. The number of hydrogen-bond acceptors (Lipinski definition) is 8. The number of hydrogen-bond donors (Lipinski definition) is 0. The Balaban J connectivity index is 0.000000184. The first-order valence-electron chi connectivity index (χ1n) is 20.7. The Labute approximate surface area is 371 Å². The molecule has 8 rings (SSSR count). The summed E-state index contributed by atoms with van der Waals surface area (Å²) in [7, 11) is -3.63. The van der Waals surface area contributed by atoms with Gasteiger partial charge in [0.1, 0.15) is 0 Å². The molecule has 1 aliphatic rings. The van der Waals surface area contributed by atoms with Crippen molar-refractivity contribution in [2.45, 2.75) is 105 Å². The van der Waals surface area contributed by atoms with E-state index in [0.717, 1.165) is 67.1 Å². The van der Waals surface area contributed by atoms with Crippen LogP contribution in [0.25, 0.3) is 39.1 Å². The molecule has 5 aromatic heterocycles. The van der Waals surface area contributed by atoms with Crippen molar-refractivity contribution in [3.05, 3.63) is 131 Å². The summed E-state index contributed by atoms with van der Waals surface area (Å²) in [6.07, 6.45) is 13.3. The quantitative estimate of drug-likeness (QED) is 0.133. The third kappa shape index (κ3) is 11.0. The third-order valence-corrected chi connectivity index (χ3v) is 21.3. The molecule has 0 radical (unpaired) electrons. The number of allylic oxidation sites excluding steroid dienone is 1. The number of benzene rings is 2. The summed E-state index contributed by atoms with van der Waals surface area (Å²) in [6.45, 7) is 28.6. The second-order valence-electron chi connectivity index (χ2n) is 18.5. The number of aryl methyl sites for hydroxylation is 2. The van der Waals surface area contributed by atoms with Crippen molar-refractivity contribution in [3.8, 4) is 17.3 Å². The molecule has 0 unspecified atom stereocenters. The van der Waals surface area contributed by atoms with E-state index in [4.69, 9.17) is 18.8 Å². The predicted molar refractivity (Wildman–Crippen MR) is 258 cm³/mol. The van der Waals surface area contributed by atoms with Gasteiger partial charge >= 0.3 is 0 Å². The molecule has 2 aromatic carbocycles. The molecule has 0 fully saturated rings. The minimum atomic E-state index is -1.83. The number of aromatic nitrogens is 8. The molecule has 6 heterocycles. The van der Waals surface area contributed by atoms with Gasteiger partial charge in [0.25, 0.3) is 0 Å². The van der Waals surface area contributed by atoms with E-state index in [-0.39, 0.29) is 10.1 Å². The Morgan fingerprint density at radius 3 is 1.66 bits per heavy atom. The number of pyridine rings is 2. The highest BCUT2D eigenvalue weighted by atomic mass is 79.9. The van der Waals surface area contributed by atoms with Crippen LogP contribution in [0.5, 0.6) is 0 Å². The van der Waals surface area contributed by atoms with Crippen LogP contribution in [0, 0.1) is 13.8 Å². The van der Waals surface area contributed by atoms with Crippen molar-refractivity contribution in [1.82, 2.24) is 39.3 Å². The van der Waals surface area contributed by atoms with Crippen LogP contribution < -0.4 is 0 Å². The standard InChI is InChI=1S/C23H29N5OSi.C20H26BrN3OSi.C4H5N/c1-17-13-20(27-12-8-11-24-27)19-15-25-28(21(19)14-17)22-10-7-9-18(26-22)16-29-30(5,6)23(2,3)4;1-14-10-17(21)16-12-22-24(18(16)11-14)19-9-7-8-15(23-19)13-25-26(5,6)20(2,3)4;1-2-4-5-3-1/h7-15H,16H2,1-6H3;7-12H,13H2,1-6H3;1-3H,4H2. The Kier molecular flexibility index (Phi) is 13.9. The fourth-order valence-electron chi connectivity index (χ4n) is 6.00. The Morgan fingerprint density at radius 1 is 0.672 bits per heavy atom. The SMILES string of the molecule is C1=CCN=C1.Cc1cc(-n2cccn2)c2cnn(-c3cccc(CO[Si](C)(C)C(C)(C)C)n3)c2c1.Cc1cc(Br)c2cnn(-c3cccc(CO[Si](C)(C)C(C)(C)C)n3)c2c1. The molecule has 0 atom stereocenters. The fraction of sp³-hybridized carbons (Fsp3) is 0.362. The molecule has 0 aliphatic carbocycles. The van der Waals surface area contributed by atoms with Crippen molar-refractivity contribution in [1.29, 1.82) is 0 Å². The first-order valence-corrected chi connectivity index (χ1v) is 27.3. The van der Waals surface area contributed by atoms with E-state index >= 15 is 0 Å². The normalized spacial score (nSPS) is 13.1. The molecule has 0 saturated carbocycles. The van der Waals surface area contributed by atoms with Gasteiger partial charge in [-0.15, -0.1) is 0 Å². The summed E-state index contributed by atoms with van der Waals surface area (Å²) in [5.74, 6) is 1.60. The highest BCUT2D eigenvalue weighted by Gasteiger charge is 2.38. The van der Waals surface area contributed by atoms with Crippen LogP contribution in [0.1, 0.15) is 64.1 Å². The molecule has 7 aromatic rings. The maximum atomic E-state index is 6.36. The zero-order valence-electron chi connectivity index (χ0n) is 37.7. The molecule has 14 heteroatoms. The summed E-state index contributed by atoms with van der Waals surface area (Å²) in [6, 6.07) is 22.5. The molecule has 0 bridgehead atoms. The number of rotatable bonds is 9. The Morgan fingerprint density at radius 2 is 1.20 bits per heavy atom. The minimum Gasteiger partial charge on any atom is -0.411 e. The van der Waals surface area contributed by atoms with Crippen LogP contribution in [0.4, 0.5) is 0 Å². The molecular formula is C47H60BrN9O2Si2. The summed E-state index contributed by atoms with van der Waals surface area (Å²) in [4.78, 5) is 13.5. The molecule has 0 spiro atoms. The molecule has 61 heavy (non-hydrogen) atoms. The van der Waals surface area contributed by atoms with Crippen LogP contribution >= 0.6 is 15.9 Å². The number of fused-ring (bicyclic) bond motifs is 2. The van der Waals surface area contributed by atoms with Gasteiger partial charge < -0.3 is 8.85 Å². The average Bonchev–Trinajstić information content (AvgIpc) is 4.04. The highest BCUT2D eigenvalue weighted by molar-refractivity contribution is 9.10. The van der Waals surface area contributed by atoms with Crippen molar-refractivity contribution in [3.63, 3.8) is 0 Å². The van der Waals surface area contributed by atoms with Crippen molar-refractivity contribution >= 4 is 60.6 Å². The molecule has 0 amide bonds. The van der Waals surface area contributed by atoms with E-state index in [9.17, 15) is 0 Å².